The normalized spacial score (nSPS) is 15.6. The number of ether oxygens (including phenoxy) is 1. The Bertz CT molecular complexity index is 1430. The van der Waals surface area contributed by atoms with E-state index in [2.05, 4.69) is 10.2 Å². The monoisotopic (exact) mass is 470 g/mol. The Balaban J connectivity index is 2.02. The number of alkyl halides is 3. The molecule has 3 N–H and O–H groups in total. The van der Waals surface area contributed by atoms with Gasteiger partial charge in [0.2, 0.25) is 5.95 Å². The molecule has 2 aromatic carbocycles. The van der Waals surface area contributed by atoms with E-state index >= 15 is 0 Å². The number of nitrogen functional groups attached to an aromatic ring is 1. The lowest BCUT2D eigenvalue weighted by Gasteiger charge is -2.35. The number of benzene rings is 2. The summed E-state index contributed by atoms with van der Waals surface area (Å²) in [4.78, 5) is 27.0. The van der Waals surface area contributed by atoms with Crippen molar-refractivity contribution in [3.63, 3.8) is 0 Å². The summed E-state index contributed by atoms with van der Waals surface area (Å²) in [7, 11) is 1.14. The topological polar surface area (TPSA) is 130 Å². The first kappa shape index (κ1) is 22.7. The molecule has 0 spiro atoms. The van der Waals surface area contributed by atoms with E-state index in [9.17, 15) is 22.8 Å². The van der Waals surface area contributed by atoms with E-state index in [0.29, 0.717) is 5.56 Å². The Morgan fingerprint density at radius 2 is 2.00 bits per heavy atom. The summed E-state index contributed by atoms with van der Waals surface area (Å²) in [6.07, 6.45) is -4.61. The molecule has 1 atom stereocenters. The molecule has 3 aromatic rings. The van der Waals surface area contributed by atoms with Crippen LogP contribution in [0.2, 0.25) is 0 Å². The number of hydrogen-bond donors (Lipinski definition) is 2. The molecule has 0 radical (unpaired) electrons. The predicted molar refractivity (Wildman–Crippen MR) is 115 cm³/mol. The number of nitrogens with one attached hydrogen (secondary N) is 1. The zero-order valence-electron chi connectivity index (χ0n) is 17.8. The van der Waals surface area contributed by atoms with Crippen molar-refractivity contribution < 1.29 is 22.7 Å². The van der Waals surface area contributed by atoms with Crippen molar-refractivity contribution in [1.29, 1.82) is 5.26 Å². The zero-order valence-corrected chi connectivity index (χ0v) is 17.8. The van der Waals surface area contributed by atoms with E-state index in [1.54, 1.807) is 0 Å². The SMILES string of the molecule is COC(=O)C1=C(C)N(c2cccc(C(F)(F)F)c2)c2n[nH]c(=O)n2C1c1ccc(C#N)cc1N. The number of methoxy groups -OCH3 is 1. The molecule has 4 rings (SSSR count). The van der Waals surface area contributed by atoms with Crippen LogP contribution in [0.1, 0.15) is 29.7 Å². The molecular weight excluding hydrogens is 453 g/mol. The molecule has 0 bridgehead atoms. The van der Waals surface area contributed by atoms with Crippen LogP contribution in [0.15, 0.2) is 58.5 Å². The molecule has 0 saturated carbocycles. The number of carbonyl (C=O) groups excluding carboxylic acids is 1. The van der Waals surface area contributed by atoms with Crippen molar-refractivity contribution in [3.8, 4) is 6.07 Å². The van der Waals surface area contributed by atoms with Gasteiger partial charge in [-0.25, -0.2) is 19.3 Å². The van der Waals surface area contributed by atoms with Gasteiger partial charge in [-0.15, -0.1) is 5.10 Å². The summed E-state index contributed by atoms with van der Waals surface area (Å²) in [6, 6.07) is 9.61. The predicted octanol–water partition coefficient (Wildman–Crippen LogP) is 3.23. The van der Waals surface area contributed by atoms with Crippen molar-refractivity contribution in [3.05, 3.63) is 80.9 Å². The molecule has 0 aliphatic carbocycles. The molecule has 0 saturated heterocycles. The number of carbonyl (C=O) groups is 1. The van der Waals surface area contributed by atoms with Crippen molar-refractivity contribution in [1.82, 2.24) is 14.8 Å². The molecule has 9 nitrogen and oxygen atoms in total. The number of nitrogens with two attached hydrogens (primary N) is 1. The van der Waals surface area contributed by atoms with Crippen LogP contribution in [0.5, 0.6) is 0 Å². The van der Waals surface area contributed by atoms with E-state index < -0.39 is 29.4 Å². The third-order valence-electron chi connectivity index (χ3n) is 5.49. The number of aromatic amines is 1. The first-order valence-electron chi connectivity index (χ1n) is 9.81. The molecule has 1 unspecified atom stereocenters. The van der Waals surface area contributed by atoms with Gasteiger partial charge in [0.1, 0.15) is 6.04 Å². The summed E-state index contributed by atoms with van der Waals surface area (Å²) >= 11 is 0. The fraction of sp³-hybridized carbons (Fsp3) is 0.182. The van der Waals surface area contributed by atoms with Crippen LogP contribution in [0.25, 0.3) is 0 Å². The number of H-pyrrole nitrogens is 1. The Hall–Kier alpha value is -4.53. The van der Waals surface area contributed by atoms with Gasteiger partial charge >= 0.3 is 17.8 Å². The lowest BCUT2D eigenvalue weighted by molar-refractivity contribution is -0.138. The zero-order chi connectivity index (χ0) is 24.8. The summed E-state index contributed by atoms with van der Waals surface area (Å²) < 4.78 is 46.1. The van der Waals surface area contributed by atoms with Gasteiger partial charge in [0, 0.05) is 22.6 Å². The highest BCUT2D eigenvalue weighted by Gasteiger charge is 2.40. The highest BCUT2D eigenvalue weighted by molar-refractivity contribution is 5.94. The molecular formula is C22H17F3N6O3. The third-order valence-corrected chi connectivity index (χ3v) is 5.49. The third kappa shape index (κ3) is 3.57. The first-order valence-corrected chi connectivity index (χ1v) is 9.81. The van der Waals surface area contributed by atoms with Gasteiger partial charge < -0.3 is 10.5 Å². The van der Waals surface area contributed by atoms with Crippen molar-refractivity contribution >= 4 is 23.3 Å². The number of nitrogens with zero attached hydrogens (tertiary/aromatic N) is 4. The summed E-state index contributed by atoms with van der Waals surface area (Å²) in [5.41, 5.74) is 5.40. The Morgan fingerprint density at radius 1 is 1.26 bits per heavy atom. The van der Waals surface area contributed by atoms with Gasteiger partial charge in [0.25, 0.3) is 0 Å². The molecule has 12 heteroatoms. The second-order valence-electron chi connectivity index (χ2n) is 7.43. The summed E-state index contributed by atoms with van der Waals surface area (Å²) in [5.74, 6) is -0.870. The lowest BCUT2D eigenvalue weighted by atomic mass is 9.92. The van der Waals surface area contributed by atoms with E-state index in [1.165, 1.54) is 42.2 Å². The standard InChI is InChI=1S/C22H17F3N6O3/c1-11-17(19(32)34-2)18(15-7-6-12(10-26)8-16(15)27)31-20(28-29-21(31)33)30(11)14-5-3-4-13(9-14)22(23,24)25/h3-9,18H,27H2,1-2H3,(H,29,33). The van der Waals surface area contributed by atoms with E-state index in [1.807, 2.05) is 6.07 Å². The van der Waals surface area contributed by atoms with Crippen LogP contribution >= 0.6 is 0 Å². The first-order chi connectivity index (χ1) is 16.1. The number of esters is 1. The molecule has 1 aliphatic heterocycles. The average Bonchev–Trinajstić information content (AvgIpc) is 3.18. The molecule has 2 heterocycles. The minimum atomic E-state index is -4.61. The minimum Gasteiger partial charge on any atom is -0.466 e. The van der Waals surface area contributed by atoms with Gasteiger partial charge in [-0.1, -0.05) is 12.1 Å². The average molecular weight is 470 g/mol. The van der Waals surface area contributed by atoms with Gasteiger partial charge in [-0.2, -0.15) is 18.4 Å². The molecule has 0 fully saturated rings. The quantitative estimate of drug-likeness (QED) is 0.444. The highest BCUT2D eigenvalue weighted by Crippen LogP contribution is 2.43. The highest BCUT2D eigenvalue weighted by atomic mass is 19.4. The fourth-order valence-electron chi connectivity index (χ4n) is 3.97. The van der Waals surface area contributed by atoms with Crippen LogP contribution < -0.4 is 16.3 Å². The Labute approximate surface area is 190 Å². The van der Waals surface area contributed by atoms with Crippen LogP contribution in [-0.4, -0.2) is 27.8 Å². The molecule has 1 aliphatic rings. The Kier molecular flexibility index (Phi) is 5.40. The van der Waals surface area contributed by atoms with Gasteiger partial charge in [0.15, 0.2) is 0 Å². The maximum Gasteiger partial charge on any atom is 0.416 e. The molecule has 34 heavy (non-hydrogen) atoms. The van der Waals surface area contributed by atoms with E-state index in [0.717, 1.165) is 23.8 Å². The second-order valence-corrected chi connectivity index (χ2v) is 7.43. The molecule has 174 valence electrons. The minimum absolute atomic E-state index is 0.0280. The van der Waals surface area contributed by atoms with Crippen LogP contribution in [0, 0.1) is 11.3 Å². The van der Waals surface area contributed by atoms with Crippen LogP contribution in [0.4, 0.5) is 30.5 Å². The van der Waals surface area contributed by atoms with Gasteiger partial charge in [-0.05, 0) is 37.3 Å². The largest absolute Gasteiger partial charge is 0.466 e. The smallest absolute Gasteiger partial charge is 0.416 e. The van der Waals surface area contributed by atoms with Crippen molar-refractivity contribution in [2.75, 3.05) is 17.7 Å². The molecule has 1 aromatic heterocycles. The number of halogens is 3. The maximum atomic E-state index is 13.4. The Morgan fingerprint density at radius 3 is 2.62 bits per heavy atom. The lowest BCUT2D eigenvalue weighted by Crippen LogP contribution is -2.38. The van der Waals surface area contributed by atoms with Gasteiger partial charge in [-0.3, -0.25) is 4.90 Å². The number of fused-ring (bicyclic) bond motifs is 1. The number of aromatic nitrogens is 3. The number of hydrogen-bond acceptors (Lipinski definition) is 7. The molecule has 0 amide bonds. The van der Waals surface area contributed by atoms with E-state index in [-0.39, 0.29) is 34.2 Å². The van der Waals surface area contributed by atoms with Crippen LogP contribution in [-0.2, 0) is 15.7 Å². The maximum absolute atomic E-state index is 13.4. The number of rotatable bonds is 3. The van der Waals surface area contributed by atoms with Crippen molar-refractivity contribution in [2.24, 2.45) is 0 Å². The number of nitriles is 1. The number of anilines is 3. The second kappa shape index (κ2) is 8.11. The fourth-order valence-corrected chi connectivity index (χ4v) is 3.97. The number of allylic oxidation sites excluding steroid dienone is 1. The summed E-state index contributed by atoms with van der Waals surface area (Å²) in [6.45, 7) is 1.50. The van der Waals surface area contributed by atoms with Crippen LogP contribution in [0.3, 0.4) is 0 Å². The van der Waals surface area contributed by atoms with Gasteiger partial charge in [0.05, 0.1) is 29.9 Å². The van der Waals surface area contributed by atoms with E-state index in [4.69, 9.17) is 15.7 Å². The van der Waals surface area contributed by atoms with Crippen molar-refractivity contribution in [2.45, 2.75) is 19.1 Å². The summed E-state index contributed by atoms with van der Waals surface area (Å²) in [5, 5.41) is 15.4.